The largest absolute Gasteiger partial charge is 0.433 e. The molecule has 0 saturated carbocycles. The summed E-state index contributed by atoms with van der Waals surface area (Å²) in [4.78, 5) is 3.47. The van der Waals surface area contributed by atoms with Crippen LogP contribution in [0, 0.1) is 6.92 Å². The van der Waals surface area contributed by atoms with Crippen molar-refractivity contribution in [2.45, 2.75) is 19.6 Å². The zero-order valence-corrected chi connectivity index (χ0v) is 11.7. The minimum atomic E-state index is -4.55. The molecule has 0 saturated heterocycles. The molecule has 0 aliphatic heterocycles. The van der Waals surface area contributed by atoms with Gasteiger partial charge in [0.2, 0.25) is 0 Å². The Morgan fingerprint density at radius 2 is 2.14 bits per heavy atom. The van der Waals surface area contributed by atoms with Crippen LogP contribution in [0.4, 0.5) is 19.0 Å². The van der Waals surface area contributed by atoms with Crippen molar-refractivity contribution in [3.05, 3.63) is 40.9 Å². The third-order valence-corrected chi connectivity index (χ3v) is 2.78. The number of halogens is 3. The van der Waals surface area contributed by atoms with E-state index in [1.165, 1.54) is 6.07 Å². The van der Waals surface area contributed by atoms with Crippen molar-refractivity contribution >= 4 is 23.0 Å². The molecule has 0 spiro atoms. The lowest BCUT2D eigenvalue weighted by Crippen LogP contribution is -2.17. The molecule has 0 bridgehead atoms. The Morgan fingerprint density at radius 3 is 2.67 bits per heavy atom. The van der Waals surface area contributed by atoms with Crippen molar-refractivity contribution in [1.29, 1.82) is 0 Å². The number of nitrogens with one attached hydrogen (secondary N) is 1. The molecule has 0 radical (unpaired) electrons. The van der Waals surface area contributed by atoms with Gasteiger partial charge in [-0.05, 0) is 19.1 Å². The number of aryl methyl sites for hydroxylation is 1. The normalized spacial score (nSPS) is 11.4. The zero-order valence-electron chi connectivity index (χ0n) is 10.9. The van der Waals surface area contributed by atoms with Gasteiger partial charge in [0.05, 0.1) is 17.8 Å². The van der Waals surface area contributed by atoms with E-state index in [0.29, 0.717) is 11.5 Å². The van der Waals surface area contributed by atoms with E-state index in [1.54, 1.807) is 13.0 Å². The number of rotatable bonds is 4. The van der Waals surface area contributed by atoms with E-state index in [-0.39, 0.29) is 22.9 Å². The summed E-state index contributed by atoms with van der Waals surface area (Å²) in [6.45, 7) is 1.85. The molecule has 0 unspecified atom stereocenters. The van der Waals surface area contributed by atoms with Crippen molar-refractivity contribution in [2.24, 2.45) is 5.73 Å². The highest BCUT2D eigenvalue weighted by Gasteiger charge is 2.33. The molecule has 0 atom stereocenters. The summed E-state index contributed by atoms with van der Waals surface area (Å²) in [5.41, 5.74) is 5.35. The van der Waals surface area contributed by atoms with Crippen LogP contribution in [0.25, 0.3) is 0 Å². The van der Waals surface area contributed by atoms with E-state index in [1.807, 2.05) is 0 Å². The minimum absolute atomic E-state index is 0.0486. The molecule has 0 aromatic carbocycles. The first kappa shape index (κ1) is 15.2. The second-order valence-corrected chi connectivity index (χ2v) is 4.68. The monoisotopic (exact) mass is 316 g/mol. The molecule has 2 rings (SSSR count). The van der Waals surface area contributed by atoms with Gasteiger partial charge in [-0.25, -0.2) is 4.98 Å². The number of hydrogen-bond acceptors (Lipinski definition) is 5. The smallest absolute Gasteiger partial charge is 0.389 e. The van der Waals surface area contributed by atoms with Gasteiger partial charge in [0.1, 0.15) is 16.5 Å². The number of pyridine rings is 1. The summed E-state index contributed by atoms with van der Waals surface area (Å²) in [7, 11) is 0. The lowest BCUT2D eigenvalue weighted by molar-refractivity contribution is -0.141. The van der Waals surface area contributed by atoms with Crippen molar-refractivity contribution in [3.63, 3.8) is 0 Å². The zero-order chi connectivity index (χ0) is 15.6. The molecule has 5 nitrogen and oxygen atoms in total. The van der Waals surface area contributed by atoms with E-state index >= 15 is 0 Å². The molecule has 3 N–H and O–H groups in total. The minimum Gasteiger partial charge on any atom is -0.389 e. The van der Waals surface area contributed by atoms with Gasteiger partial charge in [-0.3, -0.25) is 0 Å². The molecular formula is C12H11F3N4OS. The molecule has 0 amide bonds. The first-order valence-corrected chi connectivity index (χ1v) is 6.22. The lowest BCUT2D eigenvalue weighted by atomic mass is 10.2. The third-order valence-electron chi connectivity index (χ3n) is 2.56. The fourth-order valence-corrected chi connectivity index (χ4v) is 1.79. The molecule has 0 fully saturated rings. The molecule has 2 aromatic rings. The van der Waals surface area contributed by atoms with Gasteiger partial charge in [-0.1, -0.05) is 17.4 Å². The van der Waals surface area contributed by atoms with Gasteiger partial charge in [-0.15, -0.1) is 0 Å². The van der Waals surface area contributed by atoms with Crippen molar-refractivity contribution in [2.75, 3.05) is 5.32 Å². The summed E-state index contributed by atoms with van der Waals surface area (Å²) in [6.07, 6.45) is -4.55. The number of anilines is 1. The van der Waals surface area contributed by atoms with Gasteiger partial charge >= 0.3 is 6.18 Å². The molecule has 0 aliphatic rings. The van der Waals surface area contributed by atoms with Crippen LogP contribution in [0.2, 0.25) is 0 Å². The first-order chi connectivity index (χ1) is 9.77. The summed E-state index contributed by atoms with van der Waals surface area (Å²) in [6, 6.07) is 3.67. The van der Waals surface area contributed by atoms with Crippen molar-refractivity contribution in [3.8, 4) is 0 Å². The van der Waals surface area contributed by atoms with E-state index in [9.17, 15) is 13.2 Å². The average molecular weight is 316 g/mol. The molecule has 2 aromatic heterocycles. The van der Waals surface area contributed by atoms with Gasteiger partial charge < -0.3 is 15.6 Å². The SMILES string of the molecule is Cc1cc(CNc2nc(C(F)(F)F)ccc2C(N)=S)on1. The van der Waals surface area contributed by atoms with E-state index in [2.05, 4.69) is 15.5 Å². The van der Waals surface area contributed by atoms with Crippen molar-refractivity contribution in [1.82, 2.24) is 10.1 Å². The number of thiocarbonyl (C=S) groups is 1. The van der Waals surface area contributed by atoms with Crippen LogP contribution in [0.5, 0.6) is 0 Å². The molecular weight excluding hydrogens is 305 g/mol. The van der Waals surface area contributed by atoms with Gasteiger partial charge in [0, 0.05) is 6.07 Å². The maximum absolute atomic E-state index is 12.7. The second kappa shape index (κ2) is 5.68. The summed E-state index contributed by atoms with van der Waals surface area (Å²) >= 11 is 4.80. The Bertz CT molecular complexity index is 669. The van der Waals surface area contributed by atoms with Gasteiger partial charge in [0.15, 0.2) is 5.76 Å². The van der Waals surface area contributed by atoms with Crippen LogP contribution < -0.4 is 11.1 Å². The van der Waals surface area contributed by atoms with Crippen molar-refractivity contribution < 1.29 is 17.7 Å². The topological polar surface area (TPSA) is 77.0 Å². The molecule has 2 heterocycles. The number of alkyl halides is 3. The number of nitrogens with zero attached hydrogens (tertiary/aromatic N) is 2. The highest BCUT2D eigenvalue weighted by molar-refractivity contribution is 7.80. The number of nitrogens with two attached hydrogens (primary N) is 1. The fraction of sp³-hybridized carbons (Fsp3) is 0.250. The Hall–Kier alpha value is -2.16. The Morgan fingerprint density at radius 1 is 1.43 bits per heavy atom. The fourth-order valence-electron chi connectivity index (χ4n) is 1.62. The predicted molar refractivity (Wildman–Crippen MR) is 73.7 cm³/mol. The third kappa shape index (κ3) is 3.69. The molecule has 9 heteroatoms. The number of aromatic nitrogens is 2. The Labute approximate surface area is 123 Å². The average Bonchev–Trinajstić information content (AvgIpc) is 2.80. The van der Waals surface area contributed by atoms with Crippen LogP contribution in [0.15, 0.2) is 22.7 Å². The lowest BCUT2D eigenvalue weighted by Gasteiger charge is -2.12. The van der Waals surface area contributed by atoms with E-state index < -0.39 is 11.9 Å². The van der Waals surface area contributed by atoms with E-state index in [4.69, 9.17) is 22.5 Å². The van der Waals surface area contributed by atoms with Crippen LogP contribution in [-0.4, -0.2) is 15.1 Å². The highest BCUT2D eigenvalue weighted by atomic mass is 32.1. The standard InChI is InChI=1S/C12H11F3N4OS/c1-6-4-7(20-19-6)5-17-11-8(10(16)21)2-3-9(18-11)12(13,14)15/h2-4H,5H2,1H3,(H2,16,21)(H,17,18). The van der Waals surface area contributed by atoms with E-state index in [0.717, 1.165) is 6.07 Å². The second-order valence-electron chi connectivity index (χ2n) is 4.24. The molecule has 0 aliphatic carbocycles. The quantitative estimate of drug-likeness (QED) is 0.845. The Kier molecular flexibility index (Phi) is 4.12. The van der Waals surface area contributed by atoms with Crippen LogP contribution in [-0.2, 0) is 12.7 Å². The Balaban J connectivity index is 2.28. The summed E-state index contributed by atoms with van der Waals surface area (Å²) in [5.74, 6) is 0.409. The van der Waals surface area contributed by atoms with Crippen LogP contribution in [0.3, 0.4) is 0 Å². The van der Waals surface area contributed by atoms with Gasteiger partial charge in [-0.2, -0.15) is 13.2 Å². The predicted octanol–water partition coefficient (Wildman–Crippen LogP) is 2.64. The van der Waals surface area contributed by atoms with Crippen LogP contribution in [0.1, 0.15) is 22.7 Å². The molecule has 112 valence electrons. The van der Waals surface area contributed by atoms with Gasteiger partial charge in [0.25, 0.3) is 0 Å². The first-order valence-electron chi connectivity index (χ1n) is 5.81. The number of hydrogen-bond donors (Lipinski definition) is 2. The molecule has 21 heavy (non-hydrogen) atoms. The maximum Gasteiger partial charge on any atom is 0.433 e. The maximum atomic E-state index is 12.7. The van der Waals surface area contributed by atoms with Crippen LogP contribution >= 0.6 is 12.2 Å². The highest BCUT2D eigenvalue weighted by Crippen LogP contribution is 2.29. The summed E-state index contributed by atoms with van der Waals surface area (Å²) in [5, 5.41) is 6.40. The summed E-state index contributed by atoms with van der Waals surface area (Å²) < 4.78 is 43.0.